The number of nitrogens with one attached hydrogen (secondary N) is 1. The number of hydrogen-bond donors (Lipinski definition) is 1. The van der Waals surface area contributed by atoms with E-state index in [1.54, 1.807) is 41.0 Å². The Hall–Kier alpha value is -4.33. The molecular weight excluding hydrogens is 424 g/mol. The van der Waals surface area contributed by atoms with Crippen LogP contribution >= 0.6 is 0 Å². The van der Waals surface area contributed by atoms with E-state index >= 15 is 0 Å². The number of nitrogens with zero attached hydrogens (tertiary/aromatic N) is 1. The van der Waals surface area contributed by atoms with Crippen molar-refractivity contribution in [1.82, 2.24) is 4.57 Å². The zero-order chi connectivity index (χ0) is 23.5. The molecule has 0 aliphatic rings. The molecule has 0 aliphatic heterocycles. The van der Waals surface area contributed by atoms with Crippen LogP contribution in [0.2, 0.25) is 0 Å². The van der Waals surface area contributed by atoms with Crippen LogP contribution in [-0.2, 0) is 16.1 Å². The first-order valence-corrected chi connectivity index (χ1v) is 10.1. The fourth-order valence-corrected chi connectivity index (χ4v) is 3.84. The second-order valence-corrected chi connectivity index (χ2v) is 7.24. The van der Waals surface area contributed by atoms with Gasteiger partial charge in [-0.3, -0.25) is 9.59 Å². The molecule has 0 fully saturated rings. The number of ether oxygens (including phenoxy) is 3. The fourth-order valence-electron chi connectivity index (χ4n) is 3.84. The van der Waals surface area contributed by atoms with Crippen LogP contribution < -0.4 is 20.2 Å². The number of carbonyl (C=O) groups is 2. The highest BCUT2D eigenvalue weighted by atomic mass is 16.5. The number of fused-ring (bicyclic) bond motifs is 2. The second-order valence-electron chi connectivity index (χ2n) is 7.24. The number of carbonyl (C=O) groups excluding carboxylic acids is 2. The van der Waals surface area contributed by atoms with Gasteiger partial charge in [0.1, 0.15) is 6.54 Å². The zero-order valence-corrected chi connectivity index (χ0v) is 18.4. The monoisotopic (exact) mass is 446 g/mol. The molecule has 1 aromatic heterocycles. The van der Waals surface area contributed by atoms with Gasteiger partial charge >= 0.3 is 5.97 Å². The third-order valence-corrected chi connectivity index (χ3v) is 5.38. The number of benzene rings is 3. The van der Waals surface area contributed by atoms with Gasteiger partial charge in [-0.2, -0.15) is 0 Å². The van der Waals surface area contributed by atoms with Crippen molar-refractivity contribution in [1.29, 1.82) is 0 Å². The number of pyridine rings is 1. The summed E-state index contributed by atoms with van der Waals surface area (Å²) in [5, 5.41) is 3.81. The van der Waals surface area contributed by atoms with E-state index in [0.29, 0.717) is 33.3 Å². The van der Waals surface area contributed by atoms with Crippen LogP contribution in [0.15, 0.2) is 65.5 Å². The Morgan fingerprint density at radius 1 is 0.848 bits per heavy atom. The molecule has 0 spiro atoms. The molecule has 0 aliphatic carbocycles. The Kier molecular flexibility index (Phi) is 5.99. The summed E-state index contributed by atoms with van der Waals surface area (Å²) >= 11 is 0. The van der Waals surface area contributed by atoms with E-state index < -0.39 is 11.9 Å². The maximum absolute atomic E-state index is 13.1. The topological polar surface area (TPSA) is 95.9 Å². The second kappa shape index (κ2) is 9.04. The van der Waals surface area contributed by atoms with Crippen molar-refractivity contribution in [2.75, 3.05) is 26.6 Å². The lowest BCUT2D eigenvalue weighted by atomic mass is 10.1. The van der Waals surface area contributed by atoms with E-state index in [1.165, 1.54) is 33.5 Å². The van der Waals surface area contributed by atoms with E-state index in [2.05, 4.69) is 5.32 Å². The predicted octanol–water partition coefficient (Wildman–Crippen LogP) is 3.60. The van der Waals surface area contributed by atoms with Crippen molar-refractivity contribution in [2.24, 2.45) is 0 Å². The summed E-state index contributed by atoms with van der Waals surface area (Å²) in [4.78, 5) is 38.4. The Labute approximate surface area is 189 Å². The first kappa shape index (κ1) is 21.9. The van der Waals surface area contributed by atoms with E-state index in [1.807, 2.05) is 12.1 Å². The highest BCUT2D eigenvalue weighted by Gasteiger charge is 2.20. The quantitative estimate of drug-likeness (QED) is 0.359. The van der Waals surface area contributed by atoms with Gasteiger partial charge in [0.25, 0.3) is 0 Å². The van der Waals surface area contributed by atoms with Crippen molar-refractivity contribution in [2.45, 2.75) is 6.54 Å². The highest BCUT2D eigenvalue weighted by molar-refractivity contribution is 6.03. The third-order valence-electron chi connectivity index (χ3n) is 5.38. The van der Waals surface area contributed by atoms with Crippen LogP contribution in [0.1, 0.15) is 10.4 Å². The molecule has 168 valence electrons. The van der Waals surface area contributed by atoms with Gasteiger partial charge in [-0.05, 0) is 24.3 Å². The van der Waals surface area contributed by atoms with Crippen LogP contribution in [0.25, 0.3) is 21.8 Å². The SMILES string of the molecule is COC(=O)c1cc(OC)c(OC)cc1NC(=O)Cn1c2ccccc2c(=O)c2ccccc21. The van der Waals surface area contributed by atoms with Crippen molar-refractivity contribution in [3.8, 4) is 11.5 Å². The normalized spacial score (nSPS) is 10.8. The predicted molar refractivity (Wildman–Crippen MR) is 125 cm³/mol. The van der Waals surface area contributed by atoms with Crippen LogP contribution in [0.4, 0.5) is 5.69 Å². The maximum Gasteiger partial charge on any atom is 0.340 e. The van der Waals surface area contributed by atoms with Crippen LogP contribution in [-0.4, -0.2) is 37.8 Å². The molecule has 1 heterocycles. The van der Waals surface area contributed by atoms with Crippen molar-refractivity contribution in [3.05, 3.63) is 76.5 Å². The molecule has 1 N–H and O–H groups in total. The fraction of sp³-hybridized carbons (Fsp3) is 0.160. The molecule has 4 aromatic rings. The Balaban J connectivity index is 1.78. The summed E-state index contributed by atoms with van der Waals surface area (Å²) in [6.45, 7) is -0.0870. The molecule has 1 amide bonds. The molecule has 8 heteroatoms. The van der Waals surface area contributed by atoms with E-state index in [9.17, 15) is 14.4 Å². The van der Waals surface area contributed by atoms with E-state index in [0.717, 1.165) is 0 Å². The number of hydrogen-bond acceptors (Lipinski definition) is 6. The summed E-state index contributed by atoms with van der Waals surface area (Å²) in [5.74, 6) is -0.357. The van der Waals surface area contributed by atoms with Gasteiger partial charge in [0.05, 0.1) is 43.6 Å². The molecule has 0 radical (unpaired) electrons. The van der Waals surface area contributed by atoms with Crippen molar-refractivity contribution in [3.63, 3.8) is 0 Å². The number of anilines is 1. The van der Waals surface area contributed by atoms with Gasteiger partial charge < -0.3 is 24.1 Å². The van der Waals surface area contributed by atoms with E-state index in [4.69, 9.17) is 14.2 Å². The number of methoxy groups -OCH3 is 3. The van der Waals surface area contributed by atoms with Gasteiger partial charge in [-0.1, -0.05) is 24.3 Å². The van der Waals surface area contributed by atoms with Gasteiger partial charge in [0.2, 0.25) is 5.91 Å². The summed E-state index contributed by atoms with van der Waals surface area (Å²) < 4.78 is 17.2. The van der Waals surface area contributed by atoms with Crippen LogP contribution in [0.5, 0.6) is 11.5 Å². The minimum atomic E-state index is -0.634. The highest BCUT2D eigenvalue weighted by Crippen LogP contribution is 2.34. The Morgan fingerprint density at radius 2 is 1.39 bits per heavy atom. The van der Waals surface area contributed by atoms with Gasteiger partial charge in [0, 0.05) is 22.9 Å². The standard InChI is InChI=1S/C25H22N2O6/c1-31-21-12-17(25(30)33-3)18(13-22(21)32-2)26-23(28)14-27-19-10-6-4-8-15(19)24(29)16-9-5-7-11-20(16)27/h4-13H,14H2,1-3H3,(H,26,28). The maximum atomic E-state index is 13.1. The molecule has 33 heavy (non-hydrogen) atoms. The minimum Gasteiger partial charge on any atom is -0.493 e. The van der Waals surface area contributed by atoms with E-state index in [-0.39, 0.29) is 23.2 Å². The molecular formula is C25H22N2O6. The number of esters is 1. The molecule has 0 saturated carbocycles. The number of aromatic nitrogens is 1. The lowest BCUT2D eigenvalue weighted by Gasteiger charge is -2.17. The molecule has 0 atom stereocenters. The molecule has 0 bridgehead atoms. The van der Waals surface area contributed by atoms with Gasteiger partial charge in [-0.15, -0.1) is 0 Å². The van der Waals surface area contributed by atoms with Crippen LogP contribution in [0, 0.1) is 0 Å². The van der Waals surface area contributed by atoms with Gasteiger partial charge in [0.15, 0.2) is 16.9 Å². The average molecular weight is 446 g/mol. The smallest absolute Gasteiger partial charge is 0.340 e. The number of amides is 1. The lowest BCUT2D eigenvalue weighted by molar-refractivity contribution is -0.116. The summed E-state index contributed by atoms with van der Waals surface area (Å²) in [5.41, 5.74) is 1.52. The van der Waals surface area contributed by atoms with Crippen LogP contribution in [0.3, 0.4) is 0 Å². The molecule has 4 rings (SSSR count). The zero-order valence-electron chi connectivity index (χ0n) is 18.4. The Morgan fingerprint density at radius 3 is 1.94 bits per heavy atom. The first-order chi connectivity index (χ1) is 16.0. The first-order valence-electron chi connectivity index (χ1n) is 10.1. The summed E-state index contributed by atoms with van der Waals surface area (Å²) in [7, 11) is 4.16. The average Bonchev–Trinajstić information content (AvgIpc) is 2.85. The minimum absolute atomic E-state index is 0.0870. The molecule has 0 saturated heterocycles. The summed E-state index contributed by atoms with van der Waals surface area (Å²) in [6, 6.07) is 17.2. The van der Waals surface area contributed by atoms with Crippen molar-refractivity contribution >= 4 is 39.4 Å². The molecule has 8 nitrogen and oxygen atoms in total. The molecule has 3 aromatic carbocycles. The van der Waals surface area contributed by atoms with Crippen molar-refractivity contribution < 1.29 is 23.8 Å². The third kappa shape index (κ3) is 3.98. The number of para-hydroxylation sites is 2. The largest absolute Gasteiger partial charge is 0.493 e. The Bertz CT molecular complexity index is 1380. The summed E-state index contributed by atoms with van der Waals surface area (Å²) in [6.07, 6.45) is 0. The molecule has 0 unspecified atom stereocenters. The lowest BCUT2D eigenvalue weighted by Crippen LogP contribution is -2.22. The number of rotatable bonds is 6. The van der Waals surface area contributed by atoms with Gasteiger partial charge in [-0.25, -0.2) is 4.79 Å².